The fourth-order valence-corrected chi connectivity index (χ4v) is 3.79. The van der Waals surface area contributed by atoms with Crippen molar-refractivity contribution in [3.05, 3.63) is 63.4 Å². The van der Waals surface area contributed by atoms with Crippen molar-refractivity contribution in [3.63, 3.8) is 0 Å². The monoisotopic (exact) mass is 383 g/mol. The predicted molar refractivity (Wildman–Crippen MR) is 95.3 cm³/mol. The minimum atomic E-state index is -1.14. The van der Waals surface area contributed by atoms with Gasteiger partial charge in [-0.15, -0.1) is 0 Å². The normalized spacial score (nSPS) is 18.2. The molecule has 1 heterocycles. The first kappa shape index (κ1) is 17.3. The highest BCUT2D eigenvalue weighted by molar-refractivity contribution is 8.15. The van der Waals surface area contributed by atoms with Gasteiger partial charge in [-0.05, 0) is 48.9 Å². The highest BCUT2D eigenvalue weighted by Crippen LogP contribution is 2.37. The number of anilines is 1. The standard InChI is InChI=1S/C17H12Cl2FNO2S/c1-9-6-14(20)12(7-13(9)19)16-15(22)8-21(24-17(16)23)11-4-2-10(18)3-5-11/h2-7,16H,8H2,1H3. The molecule has 7 heteroatoms. The second-order valence-electron chi connectivity index (χ2n) is 5.45. The number of carbonyl (C=O) groups is 2. The number of nitrogens with zero attached hydrogens (tertiary/aromatic N) is 1. The molecular weight excluding hydrogens is 372 g/mol. The summed E-state index contributed by atoms with van der Waals surface area (Å²) < 4.78 is 15.8. The largest absolute Gasteiger partial charge is 0.302 e. The molecule has 0 amide bonds. The van der Waals surface area contributed by atoms with E-state index in [2.05, 4.69) is 0 Å². The summed E-state index contributed by atoms with van der Waals surface area (Å²) in [5, 5.41) is 0.463. The predicted octanol–water partition coefficient (Wildman–Crippen LogP) is 4.79. The zero-order valence-corrected chi connectivity index (χ0v) is 14.9. The van der Waals surface area contributed by atoms with Crippen LogP contribution in [0.4, 0.5) is 10.1 Å². The summed E-state index contributed by atoms with van der Waals surface area (Å²) in [4.78, 5) is 25.0. The molecule has 2 aromatic rings. The molecule has 0 aromatic heterocycles. The van der Waals surface area contributed by atoms with Gasteiger partial charge in [-0.1, -0.05) is 23.2 Å². The van der Waals surface area contributed by atoms with Crippen molar-refractivity contribution in [2.24, 2.45) is 0 Å². The molecule has 24 heavy (non-hydrogen) atoms. The van der Waals surface area contributed by atoms with Gasteiger partial charge in [0.15, 0.2) is 5.78 Å². The number of hydrogen-bond acceptors (Lipinski definition) is 4. The topological polar surface area (TPSA) is 37.4 Å². The second-order valence-corrected chi connectivity index (χ2v) is 7.31. The van der Waals surface area contributed by atoms with Gasteiger partial charge in [0.2, 0.25) is 5.12 Å². The van der Waals surface area contributed by atoms with E-state index in [1.54, 1.807) is 35.5 Å². The number of carbonyl (C=O) groups excluding carboxylic acids is 2. The van der Waals surface area contributed by atoms with E-state index >= 15 is 0 Å². The average molecular weight is 384 g/mol. The molecule has 0 bridgehead atoms. The maximum Gasteiger partial charge on any atom is 0.224 e. The Labute approximate surface area is 152 Å². The zero-order chi connectivity index (χ0) is 17.4. The van der Waals surface area contributed by atoms with Crippen LogP contribution in [0.5, 0.6) is 0 Å². The zero-order valence-electron chi connectivity index (χ0n) is 12.6. The highest BCUT2D eigenvalue weighted by Gasteiger charge is 2.38. The molecule has 1 unspecified atom stereocenters. The number of halogens is 3. The van der Waals surface area contributed by atoms with Crippen molar-refractivity contribution in [2.45, 2.75) is 12.8 Å². The van der Waals surface area contributed by atoms with E-state index in [1.807, 2.05) is 0 Å². The van der Waals surface area contributed by atoms with Crippen LogP contribution in [0, 0.1) is 12.7 Å². The highest BCUT2D eigenvalue weighted by atomic mass is 35.5. The van der Waals surface area contributed by atoms with Gasteiger partial charge in [-0.2, -0.15) is 0 Å². The van der Waals surface area contributed by atoms with Gasteiger partial charge >= 0.3 is 0 Å². The van der Waals surface area contributed by atoms with Gasteiger partial charge in [0.05, 0.1) is 6.54 Å². The van der Waals surface area contributed by atoms with E-state index in [1.165, 1.54) is 12.1 Å². The molecule has 1 aliphatic heterocycles. The van der Waals surface area contributed by atoms with Crippen LogP contribution in [0.1, 0.15) is 17.0 Å². The Kier molecular flexibility index (Phi) is 4.85. The number of ketones is 1. The quantitative estimate of drug-likeness (QED) is 0.551. The lowest BCUT2D eigenvalue weighted by Crippen LogP contribution is -2.38. The molecule has 0 spiro atoms. The van der Waals surface area contributed by atoms with Gasteiger partial charge in [0.1, 0.15) is 11.7 Å². The Morgan fingerprint density at radius 2 is 1.83 bits per heavy atom. The number of Topliss-reactive ketones (excluding diaryl/α,β-unsaturated/α-hetero) is 1. The Bertz CT molecular complexity index is 808. The number of hydrogen-bond donors (Lipinski definition) is 0. The van der Waals surface area contributed by atoms with Crippen LogP contribution >= 0.6 is 35.1 Å². The summed E-state index contributed by atoms with van der Waals surface area (Å²) in [7, 11) is 0. The van der Waals surface area contributed by atoms with Crippen molar-refractivity contribution in [1.82, 2.24) is 0 Å². The van der Waals surface area contributed by atoms with Crippen molar-refractivity contribution < 1.29 is 14.0 Å². The molecule has 1 aliphatic rings. The average Bonchev–Trinajstić information content (AvgIpc) is 2.52. The SMILES string of the molecule is Cc1cc(F)c(C2C(=O)CN(c3ccc(Cl)cc3)SC2=O)cc1Cl. The maximum absolute atomic E-state index is 14.2. The van der Waals surface area contributed by atoms with E-state index in [9.17, 15) is 14.0 Å². The van der Waals surface area contributed by atoms with Crippen LogP contribution in [0.15, 0.2) is 36.4 Å². The van der Waals surface area contributed by atoms with Crippen LogP contribution in [-0.4, -0.2) is 17.4 Å². The van der Waals surface area contributed by atoms with E-state index in [-0.39, 0.29) is 17.9 Å². The molecule has 1 saturated heterocycles. The van der Waals surface area contributed by atoms with E-state index in [4.69, 9.17) is 23.2 Å². The number of benzene rings is 2. The number of rotatable bonds is 2. The molecule has 0 aliphatic carbocycles. The third-order valence-corrected chi connectivity index (χ3v) is 5.40. The smallest absolute Gasteiger partial charge is 0.224 e. The summed E-state index contributed by atoms with van der Waals surface area (Å²) >= 11 is 12.8. The van der Waals surface area contributed by atoms with Crippen LogP contribution in [0.25, 0.3) is 0 Å². The lowest BCUT2D eigenvalue weighted by atomic mass is 9.94. The molecule has 2 aromatic carbocycles. The summed E-state index contributed by atoms with van der Waals surface area (Å²) in [5.41, 5.74) is 1.28. The van der Waals surface area contributed by atoms with Gasteiger partial charge in [-0.3, -0.25) is 9.59 Å². The Hall–Kier alpha value is -1.56. The van der Waals surface area contributed by atoms with Crippen molar-refractivity contribution >= 4 is 51.7 Å². The fraction of sp³-hybridized carbons (Fsp3) is 0.176. The van der Waals surface area contributed by atoms with E-state index < -0.39 is 16.9 Å². The minimum Gasteiger partial charge on any atom is -0.302 e. The lowest BCUT2D eigenvalue weighted by Gasteiger charge is -2.30. The Balaban J connectivity index is 1.89. The molecule has 1 atom stereocenters. The van der Waals surface area contributed by atoms with Crippen molar-refractivity contribution in [2.75, 3.05) is 10.8 Å². The van der Waals surface area contributed by atoms with Crippen molar-refractivity contribution in [1.29, 1.82) is 0 Å². The molecular formula is C17H12Cl2FNO2S. The van der Waals surface area contributed by atoms with Crippen molar-refractivity contribution in [3.8, 4) is 0 Å². The number of aryl methyl sites for hydroxylation is 1. The third-order valence-electron chi connectivity index (χ3n) is 3.76. The first-order chi connectivity index (χ1) is 11.4. The lowest BCUT2D eigenvalue weighted by molar-refractivity contribution is -0.124. The van der Waals surface area contributed by atoms with E-state index in [0.717, 1.165) is 11.9 Å². The molecule has 124 valence electrons. The Morgan fingerprint density at radius 3 is 2.46 bits per heavy atom. The van der Waals surface area contributed by atoms with Gasteiger partial charge < -0.3 is 4.31 Å². The summed E-state index contributed by atoms with van der Waals surface area (Å²) in [5.74, 6) is -2.10. The molecule has 0 radical (unpaired) electrons. The van der Waals surface area contributed by atoms with Crippen LogP contribution < -0.4 is 4.31 Å². The third kappa shape index (κ3) is 3.29. The minimum absolute atomic E-state index is 0.00631. The summed E-state index contributed by atoms with van der Waals surface area (Å²) in [6, 6.07) is 9.41. The second kappa shape index (κ2) is 6.75. The van der Waals surface area contributed by atoms with Crippen LogP contribution in [0.2, 0.25) is 10.0 Å². The first-order valence-corrected chi connectivity index (χ1v) is 8.63. The molecule has 3 nitrogen and oxygen atoms in total. The van der Waals surface area contributed by atoms with Crippen LogP contribution in [-0.2, 0) is 9.59 Å². The van der Waals surface area contributed by atoms with Gasteiger partial charge in [0, 0.05) is 33.2 Å². The fourth-order valence-electron chi connectivity index (χ4n) is 2.49. The Morgan fingerprint density at radius 1 is 1.17 bits per heavy atom. The summed E-state index contributed by atoms with van der Waals surface area (Å²) in [6.45, 7) is 1.66. The van der Waals surface area contributed by atoms with Gasteiger partial charge in [-0.25, -0.2) is 4.39 Å². The molecule has 3 rings (SSSR count). The molecule has 1 fully saturated rings. The van der Waals surface area contributed by atoms with Gasteiger partial charge in [0.25, 0.3) is 0 Å². The van der Waals surface area contributed by atoms with Crippen LogP contribution in [0.3, 0.4) is 0 Å². The first-order valence-electron chi connectivity index (χ1n) is 7.10. The molecule has 0 N–H and O–H groups in total. The summed E-state index contributed by atoms with van der Waals surface area (Å²) in [6.07, 6.45) is 0. The van der Waals surface area contributed by atoms with E-state index in [0.29, 0.717) is 21.3 Å². The molecule has 0 saturated carbocycles. The maximum atomic E-state index is 14.2.